The SMILES string of the molecule is Br.Nc1nc(-c2cc(C(F)(F)F)ccc2F)cs1. The second-order valence-corrected chi connectivity index (χ2v) is 4.15. The second kappa shape index (κ2) is 5.23. The highest BCUT2D eigenvalue weighted by molar-refractivity contribution is 8.93. The maximum atomic E-state index is 13.4. The number of hydrogen-bond acceptors (Lipinski definition) is 3. The molecular weight excluding hydrogens is 336 g/mol. The Morgan fingerprint density at radius 3 is 2.39 bits per heavy atom. The molecule has 2 nitrogen and oxygen atoms in total. The van der Waals surface area contributed by atoms with Gasteiger partial charge in [-0.3, -0.25) is 0 Å². The number of nitrogen functional groups attached to an aromatic ring is 1. The summed E-state index contributed by atoms with van der Waals surface area (Å²) in [4.78, 5) is 3.75. The first kappa shape index (κ1) is 14.9. The van der Waals surface area contributed by atoms with Crippen LogP contribution in [0.4, 0.5) is 22.7 Å². The molecule has 0 aliphatic heterocycles. The summed E-state index contributed by atoms with van der Waals surface area (Å²) in [5.74, 6) is -0.761. The van der Waals surface area contributed by atoms with Gasteiger partial charge in [0.05, 0.1) is 11.3 Å². The summed E-state index contributed by atoms with van der Waals surface area (Å²) in [6.45, 7) is 0. The van der Waals surface area contributed by atoms with E-state index >= 15 is 0 Å². The predicted molar refractivity (Wildman–Crippen MR) is 67.2 cm³/mol. The largest absolute Gasteiger partial charge is 0.416 e. The minimum absolute atomic E-state index is 0. The van der Waals surface area contributed by atoms with E-state index in [0.717, 1.165) is 23.5 Å². The number of alkyl halides is 3. The molecule has 2 N–H and O–H groups in total. The quantitative estimate of drug-likeness (QED) is 0.791. The molecule has 0 amide bonds. The lowest BCUT2D eigenvalue weighted by Gasteiger charge is -2.08. The van der Waals surface area contributed by atoms with Gasteiger partial charge in [-0.15, -0.1) is 28.3 Å². The Labute approximate surface area is 114 Å². The lowest BCUT2D eigenvalue weighted by Crippen LogP contribution is -2.05. The molecule has 0 fully saturated rings. The van der Waals surface area contributed by atoms with Gasteiger partial charge in [-0.25, -0.2) is 9.37 Å². The van der Waals surface area contributed by atoms with Crippen LogP contribution >= 0.6 is 28.3 Å². The lowest BCUT2D eigenvalue weighted by atomic mass is 10.1. The smallest absolute Gasteiger partial charge is 0.375 e. The van der Waals surface area contributed by atoms with Crippen molar-refractivity contribution in [2.24, 2.45) is 0 Å². The fraction of sp³-hybridized carbons (Fsp3) is 0.100. The number of halogens is 5. The minimum atomic E-state index is -4.51. The average molecular weight is 343 g/mol. The zero-order valence-corrected chi connectivity index (χ0v) is 11.2. The molecule has 0 saturated heterocycles. The lowest BCUT2D eigenvalue weighted by molar-refractivity contribution is -0.137. The number of rotatable bonds is 1. The number of thiazole rings is 1. The molecular formula is C10H7BrF4N2S. The molecule has 18 heavy (non-hydrogen) atoms. The third-order valence-corrected chi connectivity index (χ3v) is 2.77. The van der Waals surface area contributed by atoms with E-state index < -0.39 is 17.6 Å². The molecule has 0 saturated carbocycles. The second-order valence-electron chi connectivity index (χ2n) is 3.26. The molecule has 0 unspecified atom stereocenters. The Morgan fingerprint density at radius 2 is 1.89 bits per heavy atom. The van der Waals surface area contributed by atoms with E-state index in [0.29, 0.717) is 6.07 Å². The van der Waals surface area contributed by atoms with Crippen molar-refractivity contribution in [3.8, 4) is 11.3 Å². The summed E-state index contributed by atoms with van der Waals surface area (Å²) < 4.78 is 50.8. The van der Waals surface area contributed by atoms with E-state index in [1.807, 2.05) is 0 Å². The van der Waals surface area contributed by atoms with Crippen LogP contribution in [0.1, 0.15) is 5.56 Å². The van der Waals surface area contributed by atoms with Gasteiger partial charge in [-0.2, -0.15) is 13.2 Å². The van der Waals surface area contributed by atoms with Crippen molar-refractivity contribution in [3.63, 3.8) is 0 Å². The van der Waals surface area contributed by atoms with E-state index in [4.69, 9.17) is 5.73 Å². The molecule has 0 atom stereocenters. The topological polar surface area (TPSA) is 38.9 Å². The molecule has 8 heteroatoms. The van der Waals surface area contributed by atoms with Gasteiger partial charge in [0.25, 0.3) is 0 Å². The van der Waals surface area contributed by atoms with E-state index in [1.54, 1.807) is 0 Å². The van der Waals surface area contributed by atoms with Gasteiger partial charge >= 0.3 is 6.18 Å². The highest BCUT2D eigenvalue weighted by Crippen LogP contribution is 2.34. The minimum Gasteiger partial charge on any atom is -0.375 e. The van der Waals surface area contributed by atoms with E-state index in [1.165, 1.54) is 5.38 Å². The first-order valence-corrected chi connectivity index (χ1v) is 5.34. The summed E-state index contributed by atoms with van der Waals surface area (Å²) in [6, 6.07) is 2.19. The van der Waals surface area contributed by atoms with Crippen molar-refractivity contribution in [3.05, 3.63) is 35.0 Å². The van der Waals surface area contributed by atoms with Gasteiger partial charge in [-0.1, -0.05) is 0 Å². The van der Waals surface area contributed by atoms with Crippen LogP contribution in [0.3, 0.4) is 0 Å². The van der Waals surface area contributed by atoms with Crippen LogP contribution in [0.5, 0.6) is 0 Å². The molecule has 0 radical (unpaired) electrons. The monoisotopic (exact) mass is 342 g/mol. The Morgan fingerprint density at radius 1 is 1.22 bits per heavy atom. The van der Waals surface area contributed by atoms with E-state index in [9.17, 15) is 17.6 Å². The standard InChI is InChI=1S/C10H6F4N2S.BrH/c11-7-2-1-5(10(12,13)14)3-6(7)8-4-17-9(15)16-8;/h1-4H,(H2,15,16);1H. The van der Waals surface area contributed by atoms with Crippen LogP contribution < -0.4 is 5.73 Å². The predicted octanol–water partition coefficient (Wildman–Crippen LogP) is 4.13. The molecule has 0 aliphatic carbocycles. The Kier molecular flexibility index (Phi) is 4.33. The first-order chi connectivity index (χ1) is 7.88. The van der Waals surface area contributed by atoms with Crippen LogP contribution in [0.2, 0.25) is 0 Å². The molecule has 1 aromatic carbocycles. The van der Waals surface area contributed by atoms with Crippen LogP contribution in [0, 0.1) is 5.82 Å². The Hall–Kier alpha value is -1.15. The van der Waals surface area contributed by atoms with Crippen molar-refractivity contribution in [2.75, 3.05) is 5.73 Å². The highest BCUT2D eigenvalue weighted by Gasteiger charge is 2.31. The summed E-state index contributed by atoms with van der Waals surface area (Å²) in [7, 11) is 0. The molecule has 1 aromatic heterocycles. The van der Waals surface area contributed by atoms with Crippen molar-refractivity contribution < 1.29 is 17.6 Å². The van der Waals surface area contributed by atoms with Gasteiger partial charge in [0, 0.05) is 10.9 Å². The van der Waals surface area contributed by atoms with Crippen LogP contribution in [0.25, 0.3) is 11.3 Å². The number of nitrogens with two attached hydrogens (primary N) is 1. The van der Waals surface area contributed by atoms with Crippen LogP contribution in [-0.4, -0.2) is 4.98 Å². The van der Waals surface area contributed by atoms with Gasteiger partial charge in [-0.05, 0) is 18.2 Å². The zero-order valence-electron chi connectivity index (χ0n) is 8.66. The van der Waals surface area contributed by atoms with Gasteiger partial charge in [0.2, 0.25) is 0 Å². The number of hydrogen-bond donors (Lipinski definition) is 1. The Bertz CT molecular complexity index is 553. The average Bonchev–Trinajstić information content (AvgIpc) is 2.63. The maximum Gasteiger partial charge on any atom is 0.416 e. The van der Waals surface area contributed by atoms with Crippen molar-refractivity contribution in [2.45, 2.75) is 6.18 Å². The maximum absolute atomic E-state index is 13.4. The summed E-state index contributed by atoms with van der Waals surface area (Å²) in [5.41, 5.74) is 4.34. The normalized spacial score (nSPS) is 11.1. The third kappa shape index (κ3) is 2.99. The Balaban J connectivity index is 0.00000162. The third-order valence-electron chi connectivity index (χ3n) is 2.09. The molecule has 0 aliphatic rings. The van der Waals surface area contributed by atoms with Crippen molar-refractivity contribution >= 4 is 33.4 Å². The van der Waals surface area contributed by atoms with Crippen molar-refractivity contribution in [1.82, 2.24) is 4.98 Å². The first-order valence-electron chi connectivity index (χ1n) is 4.46. The van der Waals surface area contributed by atoms with Crippen LogP contribution in [-0.2, 0) is 6.18 Å². The molecule has 1 heterocycles. The van der Waals surface area contributed by atoms with Crippen LogP contribution in [0.15, 0.2) is 23.6 Å². The summed E-state index contributed by atoms with van der Waals surface area (Å²) in [5, 5.41) is 1.59. The van der Waals surface area contributed by atoms with Crippen molar-refractivity contribution in [1.29, 1.82) is 0 Å². The van der Waals surface area contributed by atoms with E-state index in [-0.39, 0.29) is 33.4 Å². The zero-order chi connectivity index (χ0) is 12.6. The summed E-state index contributed by atoms with van der Waals surface area (Å²) >= 11 is 1.04. The number of benzene rings is 1. The highest BCUT2D eigenvalue weighted by atomic mass is 79.9. The molecule has 2 aromatic rings. The number of anilines is 1. The van der Waals surface area contributed by atoms with E-state index in [2.05, 4.69) is 4.98 Å². The fourth-order valence-electron chi connectivity index (χ4n) is 1.31. The van der Waals surface area contributed by atoms with Gasteiger partial charge < -0.3 is 5.73 Å². The molecule has 98 valence electrons. The number of aromatic nitrogens is 1. The summed E-state index contributed by atoms with van der Waals surface area (Å²) in [6.07, 6.45) is -4.51. The molecule has 0 spiro atoms. The fourth-order valence-corrected chi connectivity index (χ4v) is 1.87. The molecule has 2 rings (SSSR count). The number of nitrogens with zero attached hydrogens (tertiary/aromatic N) is 1. The van der Waals surface area contributed by atoms with Gasteiger partial charge in [0.1, 0.15) is 5.82 Å². The van der Waals surface area contributed by atoms with Gasteiger partial charge in [0.15, 0.2) is 5.13 Å². The molecule has 0 bridgehead atoms.